The number of dihydropyridines is 1. The maximum Gasteiger partial charge on any atom is 0.336 e. The zero-order valence-electron chi connectivity index (χ0n) is 20.2. The topological polar surface area (TPSA) is 94.1 Å². The Morgan fingerprint density at radius 3 is 2.47 bits per heavy atom. The van der Waals surface area contributed by atoms with E-state index < -0.39 is 11.9 Å². The number of carbonyl (C=O) groups is 2. The summed E-state index contributed by atoms with van der Waals surface area (Å²) in [6.07, 6.45) is 0.845. The summed E-state index contributed by atoms with van der Waals surface area (Å²) < 4.78 is 15.7. The van der Waals surface area contributed by atoms with Crippen LogP contribution in [-0.4, -0.2) is 44.3 Å². The van der Waals surface area contributed by atoms with Crippen LogP contribution in [0.2, 0.25) is 10.0 Å². The average molecular weight is 532 g/mol. The first-order chi connectivity index (χ1) is 17.2. The highest BCUT2D eigenvalue weighted by Gasteiger charge is 2.42. The standard InChI is InChI=1S/C27H27Cl2NO6/c1-14-23(27(33)36-9-8-34-2)24(17-10-19(29)26(32)22(13-17)35-3)25-20(30-14)11-16(12-21(25)31)15-4-6-18(28)7-5-15/h4-7,10,13,16,24,30,32H,8-9,11-12H2,1-3H3/t16-,24+/m1/s1. The van der Waals surface area contributed by atoms with Crippen molar-refractivity contribution in [2.45, 2.75) is 31.6 Å². The number of esters is 1. The fraction of sp³-hybridized carbons (Fsp3) is 0.333. The van der Waals surface area contributed by atoms with E-state index in [-0.39, 0.29) is 47.9 Å². The summed E-state index contributed by atoms with van der Waals surface area (Å²) in [5, 5.41) is 14.3. The van der Waals surface area contributed by atoms with E-state index in [1.807, 2.05) is 24.3 Å². The van der Waals surface area contributed by atoms with Crippen molar-refractivity contribution >= 4 is 35.0 Å². The maximum absolute atomic E-state index is 13.7. The number of ketones is 1. The first kappa shape index (κ1) is 26.1. The van der Waals surface area contributed by atoms with Crippen LogP contribution in [0.5, 0.6) is 11.5 Å². The number of hydrogen-bond acceptors (Lipinski definition) is 7. The molecule has 0 spiro atoms. The Morgan fingerprint density at radius 1 is 1.08 bits per heavy atom. The van der Waals surface area contributed by atoms with Crippen LogP contribution in [0, 0.1) is 0 Å². The Labute approximate surface area is 219 Å². The van der Waals surface area contributed by atoms with Gasteiger partial charge in [-0.05, 0) is 54.7 Å². The molecule has 0 amide bonds. The molecular weight excluding hydrogens is 505 g/mol. The molecule has 1 aliphatic carbocycles. The number of Topliss-reactive ketones (excluding diaryl/α,β-unsaturated/α-hetero) is 1. The first-order valence-electron chi connectivity index (χ1n) is 11.5. The molecule has 4 rings (SSSR count). The van der Waals surface area contributed by atoms with E-state index >= 15 is 0 Å². The molecule has 0 unspecified atom stereocenters. The number of allylic oxidation sites excluding steroid dienone is 3. The van der Waals surface area contributed by atoms with Gasteiger partial charge in [-0.15, -0.1) is 0 Å². The van der Waals surface area contributed by atoms with Crippen molar-refractivity contribution in [3.63, 3.8) is 0 Å². The third kappa shape index (κ3) is 5.09. The van der Waals surface area contributed by atoms with Crippen LogP contribution in [0.3, 0.4) is 0 Å². The van der Waals surface area contributed by atoms with Gasteiger partial charge < -0.3 is 24.6 Å². The van der Waals surface area contributed by atoms with Crippen molar-refractivity contribution in [3.05, 3.63) is 80.1 Å². The highest BCUT2D eigenvalue weighted by atomic mass is 35.5. The lowest BCUT2D eigenvalue weighted by Gasteiger charge is -2.37. The lowest BCUT2D eigenvalue weighted by atomic mass is 9.71. The molecule has 2 aliphatic rings. The number of methoxy groups -OCH3 is 2. The molecule has 190 valence electrons. The van der Waals surface area contributed by atoms with Crippen molar-refractivity contribution in [3.8, 4) is 11.5 Å². The molecule has 7 nitrogen and oxygen atoms in total. The molecule has 1 heterocycles. The van der Waals surface area contributed by atoms with Gasteiger partial charge in [0.25, 0.3) is 0 Å². The number of benzene rings is 2. The van der Waals surface area contributed by atoms with E-state index in [1.54, 1.807) is 19.1 Å². The average Bonchev–Trinajstić information content (AvgIpc) is 2.85. The summed E-state index contributed by atoms with van der Waals surface area (Å²) in [6, 6.07) is 10.6. The highest BCUT2D eigenvalue weighted by Crippen LogP contribution is 2.48. The van der Waals surface area contributed by atoms with Gasteiger partial charge in [0.2, 0.25) is 0 Å². The maximum atomic E-state index is 13.7. The number of phenols is 1. The van der Waals surface area contributed by atoms with Gasteiger partial charge in [-0.1, -0.05) is 35.3 Å². The highest BCUT2D eigenvalue weighted by molar-refractivity contribution is 6.32. The lowest BCUT2D eigenvalue weighted by Crippen LogP contribution is -2.36. The van der Waals surface area contributed by atoms with Gasteiger partial charge in [-0.3, -0.25) is 4.79 Å². The normalized spacial score (nSPS) is 19.6. The van der Waals surface area contributed by atoms with E-state index in [9.17, 15) is 14.7 Å². The molecule has 1 aliphatic heterocycles. The monoisotopic (exact) mass is 531 g/mol. The molecule has 2 atom stereocenters. The zero-order chi connectivity index (χ0) is 26.0. The molecule has 0 saturated heterocycles. The Bertz CT molecular complexity index is 1250. The molecule has 2 N–H and O–H groups in total. The van der Waals surface area contributed by atoms with Crippen LogP contribution in [0.4, 0.5) is 0 Å². The molecule has 2 aromatic carbocycles. The number of halogens is 2. The summed E-state index contributed by atoms with van der Waals surface area (Å²) in [4.78, 5) is 26.9. The van der Waals surface area contributed by atoms with Crippen LogP contribution in [0.1, 0.15) is 42.7 Å². The van der Waals surface area contributed by atoms with E-state index in [2.05, 4.69) is 5.32 Å². The molecule has 0 fully saturated rings. The smallest absolute Gasteiger partial charge is 0.336 e. The van der Waals surface area contributed by atoms with E-state index in [0.29, 0.717) is 33.9 Å². The number of nitrogens with one attached hydrogen (secondary N) is 1. The van der Waals surface area contributed by atoms with Gasteiger partial charge in [0.05, 0.1) is 24.3 Å². The summed E-state index contributed by atoms with van der Waals surface area (Å²) in [7, 11) is 2.93. The lowest BCUT2D eigenvalue weighted by molar-refractivity contribution is -0.140. The molecule has 0 radical (unpaired) electrons. The molecule has 36 heavy (non-hydrogen) atoms. The second-order valence-corrected chi connectivity index (χ2v) is 9.59. The van der Waals surface area contributed by atoms with Gasteiger partial charge in [0.15, 0.2) is 17.3 Å². The third-order valence-corrected chi connectivity index (χ3v) is 7.05. The zero-order valence-corrected chi connectivity index (χ0v) is 21.7. The summed E-state index contributed by atoms with van der Waals surface area (Å²) in [6.45, 7) is 2.08. The first-order valence-corrected chi connectivity index (χ1v) is 12.2. The number of aromatic hydroxyl groups is 1. The van der Waals surface area contributed by atoms with Crippen molar-refractivity contribution < 1.29 is 28.9 Å². The van der Waals surface area contributed by atoms with Gasteiger partial charge in [-0.2, -0.15) is 0 Å². The second kappa shape index (κ2) is 10.9. The van der Waals surface area contributed by atoms with Crippen LogP contribution in [-0.2, 0) is 19.1 Å². The minimum atomic E-state index is -0.748. The minimum Gasteiger partial charge on any atom is -0.503 e. The SMILES string of the molecule is COCCOC(=O)C1=C(C)NC2=C(C(=O)C[C@H](c3ccc(Cl)cc3)C2)[C@H]1c1cc(Cl)c(O)c(OC)c1. The van der Waals surface area contributed by atoms with Crippen LogP contribution >= 0.6 is 23.2 Å². The van der Waals surface area contributed by atoms with Crippen molar-refractivity contribution in [1.29, 1.82) is 0 Å². The largest absolute Gasteiger partial charge is 0.503 e. The fourth-order valence-corrected chi connectivity index (χ4v) is 5.17. The van der Waals surface area contributed by atoms with E-state index in [4.69, 9.17) is 37.4 Å². The number of carbonyl (C=O) groups excluding carboxylic acids is 2. The Kier molecular flexibility index (Phi) is 7.93. The quantitative estimate of drug-likeness (QED) is 0.371. The second-order valence-electron chi connectivity index (χ2n) is 8.75. The van der Waals surface area contributed by atoms with Crippen molar-refractivity contribution in [1.82, 2.24) is 5.32 Å². The van der Waals surface area contributed by atoms with Gasteiger partial charge in [-0.25, -0.2) is 4.79 Å². The fourth-order valence-electron chi connectivity index (χ4n) is 4.83. The summed E-state index contributed by atoms with van der Waals surface area (Å²) in [5.41, 5.74) is 3.65. The van der Waals surface area contributed by atoms with E-state index in [0.717, 1.165) is 11.3 Å². The van der Waals surface area contributed by atoms with Crippen LogP contribution in [0.15, 0.2) is 58.9 Å². The van der Waals surface area contributed by atoms with Gasteiger partial charge in [0.1, 0.15) is 6.61 Å². The van der Waals surface area contributed by atoms with Crippen LogP contribution < -0.4 is 10.1 Å². The minimum absolute atomic E-state index is 0.0392. The predicted octanol–water partition coefficient (Wildman–Crippen LogP) is 5.26. The van der Waals surface area contributed by atoms with Crippen molar-refractivity contribution in [2.75, 3.05) is 27.4 Å². The van der Waals surface area contributed by atoms with E-state index in [1.165, 1.54) is 14.2 Å². The summed E-state index contributed by atoms with van der Waals surface area (Å²) >= 11 is 12.4. The Hall–Kier alpha value is -3.00. The number of ether oxygens (including phenoxy) is 3. The third-order valence-electron chi connectivity index (χ3n) is 6.51. The van der Waals surface area contributed by atoms with Gasteiger partial charge in [0, 0.05) is 41.4 Å². The molecule has 9 heteroatoms. The van der Waals surface area contributed by atoms with Crippen molar-refractivity contribution in [2.24, 2.45) is 0 Å². The molecule has 0 bridgehead atoms. The van der Waals surface area contributed by atoms with Gasteiger partial charge >= 0.3 is 5.97 Å². The number of rotatable bonds is 7. The molecule has 0 aromatic heterocycles. The Balaban J connectivity index is 1.81. The van der Waals surface area contributed by atoms with Crippen LogP contribution in [0.25, 0.3) is 0 Å². The molecular formula is C27H27Cl2NO6. The predicted molar refractivity (Wildman–Crippen MR) is 137 cm³/mol. The number of hydrogen-bond donors (Lipinski definition) is 2. The molecule has 0 saturated carbocycles. The molecule has 2 aromatic rings. The number of phenolic OH excluding ortho intramolecular Hbond substituents is 1. The summed E-state index contributed by atoms with van der Waals surface area (Å²) in [5.74, 6) is -1.51. The Morgan fingerprint density at radius 2 is 1.81 bits per heavy atom.